The smallest absolute Gasteiger partial charge is 0.0404 e. The molecule has 1 atom stereocenters. The van der Waals surface area contributed by atoms with Gasteiger partial charge in [-0.3, -0.25) is 4.98 Å². The Labute approximate surface area is 112 Å². The van der Waals surface area contributed by atoms with E-state index >= 15 is 0 Å². The highest BCUT2D eigenvalue weighted by atomic mass is 14.9. The molecular weight excluding hydrogens is 220 g/mol. The Morgan fingerprint density at radius 3 is 2.94 bits per heavy atom. The van der Waals surface area contributed by atoms with Crippen molar-refractivity contribution in [2.24, 2.45) is 0 Å². The van der Waals surface area contributed by atoms with Gasteiger partial charge in [-0.05, 0) is 57.2 Å². The lowest BCUT2D eigenvalue weighted by atomic mass is 10.0. The Hall–Kier alpha value is -1.15. The van der Waals surface area contributed by atoms with Crippen molar-refractivity contribution in [2.75, 3.05) is 6.54 Å². The summed E-state index contributed by atoms with van der Waals surface area (Å²) >= 11 is 0. The summed E-state index contributed by atoms with van der Waals surface area (Å²) < 4.78 is 0. The standard InChI is InChI=1S/C16H26N2/c1-3-5-6-9-15(17-13-4-2)11-12-16-10-7-8-14-18-16/h3,7-8,10,14-15,17H,1,4-6,9,11-13H2,2H3. The second kappa shape index (κ2) is 9.84. The second-order valence-corrected chi connectivity index (χ2v) is 4.73. The van der Waals surface area contributed by atoms with Crippen molar-refractivity contribution in [3.8, 4) is 0 Å². The minimum Gasteiger partial charge on any atom is -0.314 e. The molecule has 1 aromatic heterocycles. The van der Waals surface area contributed by atoms with Gasteiger partial charge in [0.1, 0.15) is 0 Å². The van der Waals surface area contributed by atoms with Crippen LogP contribution in [0.4, 0.5) is 0 Å². The van der Waals surface area contributed by atoms with Crippen LogP contribution < -0.4 is 5.32 Å². The van der Waals surface area contributed by atoms with Crippen LogP contribution in [0.5, 0.6) is 0 Å². The van der Waals surface area contributed by atoms with E-state index in [1.165, 1.54) is 31.4 Å². The third-order valence-corrected chi connectivity index (χ3v) is 3.12. The maximum atomic E-state index is 4.38. The molecule has 0 spiro atoms. The summed E-state index contributed by atoms with van der Waals surface area (Å²) in [6.45, 7) is 7.11. The third kappa shape index (κ3) is 6.55. The average molecular weight is 246 g/mol. The van der Waals surface area contributed by atoms with E-state index in [2.05, 4.69) is 35.9 Å². The van der Waals surface area contributed by atoms with Crippen LogP contribution in [0.25, 0.3) is 0 Å². The van der Waals surface area contributed by atoms with E-state index in [-0.39, 0.29) is 0 Å². The number of unbranched alkanes of at least 4 members (excludes halogenated alkanes) is 1. The molecule has 0 aliphatic carbocycles. The van der Waals surface area contributed by atoms with Crippen molar-refractivity contribution in [2.45, 2.75) is 51.5 Å². The van der Waals surface area contributed by atoms with Gasteiger partial charge in [0.2, 0.25) is 0 Å². The maximum Gasteiger partial charge on any atom is 0.0404 e. The van der Waals surface area contributed by atoms with Gasteiger partial charge >= 0.3 is 0 Å². The Kier molecular flexibility index (Phi) is 8.15. The van der Waals surface area contributed by atoms with E-state index < -0.39 is 0 Å². The Bertz CT molecular complexity index is 308. The van der Waals surface area contributed by atoms with Crippen LogP contribution in [-0.2, 0) is 6.42 Å². The van der Waals surface area contributed by atoms with Crippen LogP contribution in [0.1, 0.15) is 44.7 Å². The predicted octanol–water partition coefficient (Wildman–Crippen LogP) is 3.74. The lowest BCUT2D eigenvalue weighted by Gasteiger charge is -2.18. The van der Waals surface area contributed by atoms with Crippen molar-refractivity contribution >= 4 is 0 Å². The molecule has 0 amide bonds. The molecule has 0 aliphatic rings. The molecule has 1 unspecified atom stereocenters. The average Bonchev–Trinajstić information content (AvgIpc) is 2.42. The molecule has 2 nitrogen and oxygen atoms in total. The first-order chi connectivity index (χ1) is 8.86. The highest BCUT2D eigenvalue weighted by Gasteiger charge is 2.07. The number of aromatic nitrogens is 1. The minimum absolute atomic E-state index is 0.618. The van der Waals surface area contributed by atoms with E-state index in [0.29, 0.717) is 6.04 Å². The number of hydrogen-bond donors (Lipinski definition) is 1. The predicted molar refractivity (Wildman–Crippen MR) is 78.7 cm³/mol. The summed E-state index contributed by atoms with van der Waals surface area (Å²) in [5.74, 6) is 0. The van der Waals surface area contributed by atoms with E-state index in [1.807, 2.05) is 18.3 Å². The highest BCUT2D eigenvalue weighted by Crippen LogP contribution is 2.09. The molecule has 2 heteroatoms. The summed E-state index contributed by atoms with van der Waals surface area (Å²) in [5.41, 5.74) is 1.20. The molecule has 18 heavy (non-hydrogen) atoms. The first-order valence-electron chi connectivity index (χ1n) is 7.11. The highest BCUT2D eigenvalue weighted by molar-refractivity contribution is 5.03. The fourth-order valence-corrected chi connectivity index (χ4v) is 2.07. The maximum absolute atomic E-state index is 4.38. The van der Waals surface area contributed by atoms with Crippen LogP contribution in [0.2, 0.25) is 0 Å². The number of hydrogen-bond acceptors (Lipinski definition) is 2. The Balaban J connectivity index is 2.32. The van der Waals surface area contributed by atoms with E-state index in [1.54, 1.807) is 0 Å². The number of allylic oxidation sites excluding steroid dienone is 1. The van der Waals surface area contributed by atoms with Gasteiger partial charge in [0.15, 0.2) is 0 Å². The fraction of sp³-hybridized carbons (Fsp3) is 0.562. The normalized spacial score (nSPS) is 12.3. The van der Waals surface area contributed by atoms with Crippen molar-refractivity contribution < 1.29 is 0 Å². The van der Waals surface area contributed by atoms with Crippen molar-refractivity contribution in [1.29, 1.82) is 0 Å². The van der Waals surface area contributed by atoms with E-state index in [4.69, 9.17) is 0 Å². The summed E-state index contributed by atoms with van der Waals surface area (Å²) in [6.07, 6.45) is 10.9. The first kappa shape index (κ1) is 14.9. The summed E-state index contributed by atoms with van der Waals surface area (Å²) in [6, 6.07) is 6.77. The zero-order valence-electron chi connectivity index (χ0n) is 11.6. The molecular formula is C16H26N2. The van der Waals surface area contributed by atoms with E-state index in [0.717, 1.165) is 19.4 Å². The molecule has 100 valence electrons. The number of nitrogens with one attached hydrogen (secondary N) is 1. The zero-order chi connectivity index (χ0) is 13.1. The summed E-state index contributed by atoms with van der Waals surface area (Å²) in [7, 11) is 0. The number of rotatable bonds is 10. The van der Waals surface area contributed by atoms with Crippen LogP contribution in [0.3, 0.4) is 0 Å². The molecule has 1 heterocycles. The zero-order valence-corrected chi connectivity index (χ0v) is 11.6. The monoisotopic (exact) mass is 246 g/mol. The van der Waals surface area contributed by atoms with Crippen molar-refractivity contribution in [1.82, 2.24) is 10.3 Å². The third-order valence-electron chi connectivity index (χ3n) is 3.12. The summed E-state index contributed by atoms with van der Waals surface area (Å²) in [4.78, 5) is 4.38. The van der Waals surface area contributed by atoms with Gasteiger partial charge in [0.25, 0.3) is 0 Å². The van der Waals surface area contributed by atoms with Gasteiger partial charge in [-0.2, -0.15) is 0 Å². The van der Waals surface area contributed by atoms with Gasteiger partial charge in [-0.25, -0.2) is 0 Å². The largest absolute Gasteiger partial charge is 0.314 e. The van der Waals surface area contributed by atoms with Crippen LogP contribution in [0, 0.1) is 0 Å². The lowest BCUT2D eigenvalue weighted by molar-refractivity contribution is 0.441. The molecule has 1 rings (SSSR count). The molecule has 0 aliphatic heterocycles. The van der Waals surface area contributed by atoms with Gasteiger partial charge in [0, 0.05) is 17.9 Å². The number of aryl methyl sites for hydroxylation is 1. The number of pyridine rings is 1. The van der Waals surface area contributed by atoms with Gasteiger partial charge in [-0.1, -0.05) is 19.1 Å². The quantitative estimate of drug-likeness (QED) is 0.502. The van der Waals surface area contributed by atoms with Crippen LogP contribution in [0.15, 0.2) is 37.1 Å². The molecule has 0 bridgehead atoms. The Morgan fingerprint density at radius 2 is 2.28 bits per heavy atom. The minimum atomic E-state index is 0.618. The molecule has 1 aromatic rings. The van der Waals surface area contributed by atoms with Crippen LogP contribution in [-0.4, -0.2) is 17.6 Å². The molecule has 0 radical (unpaired) electrons. The van der Waals surface area contributed by atoms with Gasteiger partial charge in [0.05, 0.1) is 0 Å². The lowest BCUT2D eigenvalue weighted by Crippen LogP contribution is -2.30. The first-order valence-corrected chi connectivity index (χ1v) is 7.11. The molecule has 0 fully saturated rings. The SMILES string of the molecule is C=CCCCC(CCc1ccccn1)NCCC. The second-order valence-electron chi connectivity index (χ2n) is 4.73. The molecule has 0 aromatic carbocycles. The van der Waals surface area contributed by atoms with Crippen molar-refractivity contribution in [3.05, 3.63) is 42.7 Å². The number of nitrogens with zero attached hydrogens (tertiary/aromatic N) is 1. The fourth-order valence-electron chi connectivity index (χ4n) is 2.07. The summed E-state index contributed by atoms with van der Waals surface area (Å²) in [5, 5.41) is 3.64. The van der Waals surface area contributed by atoms with Gasteiger partial charge < -0.3 is 5.32 Å². The molecule has 1 N–H and O–H groups in total. The topological polar surface area (TPSA) is 24.9 Å². The Morgan fingerprint density at radius 1 is 1.39 bits per heavy atom. The molecule has 0 saturated carbocycles. The van der Waals surface area contributed by atoms with Crippen molar-refractivity contribution in [3.63, 3.8) is 0 Å². The molecule has 0 saturated heterocycles. The van der Waals surface area contributed by atoms with E-state index in [9.17, 15) is 0 Å². The van der Waals surface area contributed by atoms with Crippen LogP contribution >= 0.6 is 0 Å². The van der Waals surface area contributed by atoms with Gasteiger partial charge in [-0.15, -0.1) is 6.58 Å².